The van der Waals surface area contributed by atoms with Gasteiger partial charge in [0.2, 0.25) is 0 Å². The molecule has 0 aliphatic carbocycles. The Bertz CT molecular complexity index is 1140. The van der Waals surface area contributed by atoms with Crippen molar-refractivity contribution >= 4 is 28.0 Å². The van der Waals surface area contributed by atoms with Crippen LogP contribution in [0.25, 0.3) is 0 Å². The van der Waals surface area contributed by atoms with Crippen molar-refractivity contribution in [1.29, 1.82) is 0 Å². The number of anilines is 3. The van der Waals surface area contributed by atoms with Crippen LogP contribution < -0.4 is 26.6 Å². The molecule has 0 radical (unpaired) electrons. The molecule has 8 heteroatoms. The molecule has 0 spiro atoms. The third kappa shape index (κ3) is 5.55. The van der Waals surface area contributed by atoms with E-state index in [2.05, 4.69) is 29.6 Å². The number of benzene rings is 2. The maximum absolute atomic E-state index is 12.2. The molecule has 3 aromatic carbocycles. The smallest absolute Gasteiger partial charge is 0.253 e. The molecular formula is C22H27N3O4S. The first-order chi connectivity index (χ1) is 14.1. The van der Waals surface area contributed by atoms with E-state index in [1.807, 2.05) is 62.4 Å². The molecule has 3 aromatic rings. The molecule has 0 aliphatic heterocycles. The fourth-order valence-electron chi connectivity index (χ4n) is 3.12. The number of hydrogen-bond donors (Lipinski definition) is 4. The SMILES string of the molecule is Cc1cccc(Nc2c(NC(c3ccccc3)C(C)C)c(=O)c2=O)c1C.N[SH](=O)=O. The van der Waals surface area contributed by atoms with E-state index >= 15 is 0 Å². The van der Waals surface area contributed by atoms with Crippen LogP contribution in [0.1, 0.15) is 36.6 Å². The molecule has 0 saturated heterocycles. The van der Waals surface area contributed by atoms with E-state index in [4.69, 9.17) is 8.42 Å². The quantitative estimate of drug-likeness (QED) is 0.353. The molecule has 0 fully saturated rings. The van der Waals surface area contributed by atoms with Crippen molar-refractivity contribution in [3.05, 3.63) is 85.7 Å². The summed E-state index contributed by atoms with van der Waals surface area (Å²) in [4.78, 5) is 24.3. The van der Waals surface area contributed by atoms with Gasteiger partial charge in [-0.15, -0.1) is 0 Å². The third-order valence-corrected chi connectivity index (χ3v) is 4.90. The zero-order valence-corrected chi connectivity index (χ0v) is 18.3. The van der Waals surface area contributed by atoms with E-state index in [1.165, 1.54) is 0 Å². The van der Waals surface area contributed by atoms with Crippen LogP contribution in [0, 0.1) is 19.8 Å². The van der Waals surface area contributed by atoms with E-state index in [9.17, 15) is 9.59 Å². The molecule has 0 bridgehead atoms. The maximum Gasteiger partial charge on any atom is 0.253 e. The fourth-order valence-corrected chi connectivity index (χ4v) is 3.12. The number of thiol groups is 1. The molecule has 0 heterocycles. The van der Waals surface area contributed by atoms with Crippen molar-refractivity contribution in [2.24, 2.45) is 11.1 Å². The Morgan fingerprint density at radius 2 is 1.43 bits per heavy atom. The minimum atomic E-state index is -2.62. The number of nitrogens with one attached hydrogen (secondary N) is 2. The van der Waals surface area contributed by atoms with Crippen molar-refractivity contribution in [1.82, 2.24) is 0 Å². The first kappa shape index (κ1) is 23.3. The normalized spacial score (nSPS) is 11.8. The average molecular weight is 430 g/mol. The largest absolute Gasteiger partial charge is 0.373 e. The van der Waals surface area contributed by atoms with Gasteiger partial charge in [-0.1, -0.05) is 56.3 Å². The summed E-state index contributed by atoms with van der Waals surface area (Å²) in [6.45, 7) is 8.20. The average Bonchev–Trinajstić information content (AvgIpc) is 2.70. The molecule has 0 aliphatic rings. The van der Waals surface area contributed by atoms with E-state index in [1.54, 1.807) is 0 Å². The highest BCUT2D eigenvalue weighted by atomic mass is 32.2. The van der Waals surface area contributed by atoms with E-state index < -0.39 is 21.7 Å². The summed E-state index contributed by atoms with van der Waals surface area (Å²) in [5.74, 6) is 0.260. The lowest BCUT2D eigenvalue weighted by molar-refractivity contribution is 0.546. The highest BCUT2D eigenvalue weighted by Crippen LogP contribution is 2.30. The number of nitrogens with two attached hydrogens (primary N) is 1. The highest BCUT2D eigenvalue weighted by Gasteiger charge is 2.26. The molecular weight excluding hydrogens is 402 g/mol. The lowest BCUT2D eigenvalue weighted by Gasteiger charge is -2.26. The second kappa shape index (κ2) is 10.2. The van der Waals surface area contributed by atoms with Gasteiger partial charge in [0.1, 0.15) is 11.4 Å². The van der Waals surface area contributed by atoms with Crippen molar-refractivity contribution < 1.29 is 8.42 Å². The van der Waals surface area contributed by atoms with Gasteiger partial charge in [0.05, 0.1) is 6.04 Å². The molecule has 1 atom stereocenters. The van der Waals surface area contributed by atoms with Crippen LogP contribution in [-0.4, -0.2) is 8.42 Å². The minimum absolute atomic E-state index is 0.0429. The van der Waals surface area contributed by atoms with Crippen LogP contribution in [0.3, 0.4) is 0 Å². The standard InChI is InChI=1S/C22H24N2O2.H3NO2S/c1-13(2)18(16-10-6-5-7-11-16)24-20-19(21(25)22(20)26)23-17-12-8-9-14(3)15(17)4;1-4(2)3/h5-13,18,23-24H,1-4H3;4H,(H2,1,2,3). The fraction of sp³-hybridized carbons (Fsp3) is 0.273. The predicted molar refractivity (Wildman–Crippen MR) is 123 cm³/mol. The summed E-state index contributed by atoms with van der Waals surface area (Å²) < 4.78 is 17.6. The Balaban J connectivity index is 0.000000735. The van der Waals surface area contributed by atoms with Crippen molar-refractivity contribution in [2.45, 2.75) is 33.7 Å². The van der Waals surface area contributed by atoms with E-state index in [0.717, 1.165) is 22.4 Å². The van der Waals surface area contributed by atoms with Gasteiger partial charge in [0.25, 0.3) is 10.9 Å². The van der Waals surface area contributed by atoms with Gasteiger partial charge in [-0.05, 0) is 42.5 Å². The minimum Gasteiger partial charge on any atom is -0.373 e. The zero-order chi connectivity index (χ0) is 22.4. The summed E-state index contributed by atoms with van der Waals surface area (Å²) in [6, 6.07) is 15.8. The molecule has 7 nitrogen and oxygen atoms in total. The lowest BCUT2D eigenvalue weighted by Crippen LogP contribution is -2.38. The molecule has 1 unspecified atom stereocenters. The van der Waals surface area contributed by atoms with Crippen molar-refractivity contribution in [3.8, 4) is 0 Å². The van der Waals surface area contributed by atoms with Gasteiger partial charge in [-0.2, -0.15) is 0 Å². The van der Waals surface area contributed by atoms with Gasteiger partial charge in [0, 0.05) is 5.69 Å². The van der Waals surface area contributed by atoms with Gasteiger partial charge < -0.3 is 10.6 Å². The van der Waals surface area contributed by atoms with Crippen LogP contribution >= 0.6 is 0 Å². The van der Waals surface area contributed by atoms with E-state index in [0.29, 0.717) is 11.4 Å². The van der Waals surface area contributed by atoms with Crippen LogP contribution in [0.4, 0.5) is 17.1 Å². The third-order valence-electron chi connectivity index (χ3n) is 4.90. The van der Waals surface area contributed by atoms with E-state index in [-0.39, 0.29) is 12.0 Å². The summed E-state index contributed by atoms with van der Waals surface area (Å²) in [6.07, 6.45) is 0. The predicted octanol–water partition coefficient (Wildman–Crippen LogP) is 2.92. The molecule has 0 amide bonds. The second-order valence-corrected chi connectivity index (χ2v) is 7.91. The molecule has 0 aromatic heterocycles. The van der Waals surface area contributed by atoms with Gasteiger partial charge >= 0.3 is 0 Å². The summed E-state index contributed by atoms with van der Waals surface area (Å²) in [5, 5.41) is 10.5. The first-order valence-electron chi connectivity index (χ1n) is 9.50. The molecule has 3 rings (SSSR count). The summed E-state index contributed by atoms with van der Waals surface area (Å²) >= 11 is 0. The van der Waals surface area contributed by atoms with Crippen LogP contribution in [0.15, 0.2) is 58.1 Å². The zero-order valence-electron chi connectivity index (χ0n) is 17.4. The van der Waals surface area contributed by atoms with Crippen LogP contribution in [0.5, 0.6) is 0 Å². The molecule has 0 saturated carbocycles. The first-order valence-corrected chi connectivity index (χ1v) is 10.7. The maximum atomic E-state index is 12.2. The Hall–Kier alpha value is -2.97. The lowest BCUT2D eigenvalue weighted by atomic mass is 9.95. The van der Waals surface area contributed by atoms with Gasteiger partial charge in [-0.25, -0.2) is 13.6 Å². The van der Waals surface area contributed by atoms with Crippen molar-refractivity contribution in [2.75, 3.05) is 10.6 Å². The Morgan fingerprint density at radius 3 is 2.00 bits per heavy atom. The van der Waals surface area contributed by atoms with Crippen LogP contribution in [-0.2, 0) is 10.9 Å². The van der Waals surface area contributed by atoms with Gasteiger partial charge in [-0.3, -0.25) is 9.59 Å². The molecule has 30 heavy (non-hydrogen) atoms. The monoisotopic (exact) mass is 429 g/mol. The Morgan fingerprint density at radius 1 is 0.867 bits per heavy atom. The molecule has 4 N–H and O–H groups in total. The van der Waals surface area contributed by atoms with Crippen LogP contribution in [0.2, 0.25) is 0 Å². The Labute approximate surface area is 177 Å². The van der Waals surface area contributed by atoms with Gasteiger partial charge in [0.15, 0.2) is 10.9 Å². The van der Waals surface area contributed by atoms with Crippen molar-refractivity contribution in [3.63, 3.8) is 0 Å². The highest BCUT2D eigenvalue weighted by molar-refractivity contribution is 7.69. The topological polar surface area (TPSA) is 118 Å². The summed E-state index contributed by atoms with van der Waals surface area (Å²) in [7, 11) is -2.62. The second-order valence-electron chi connectivity index (χ2n) is 7.34. The number of hydrogen-bond acceptors (Lipinski definition) is 6. The Kier molecular flexibility index (Phi) is 7.91. The number of aryl methyl sites for hydroxylation is 1. The summed E-state index contributed by atoms with van der Waals surface area (Å²) in [5.41, 5.74) is 3.93. The number of rotatable bonds is 6. The molecule has 160 valence electrons.